The molecule has 0 radical (unpaired) electrons. The summed E-state index contributed by atoms with van der Waals surface area (Å²) in [5.41, 5.74) is 6.39. The van der Waals surface area contributed by atoms with E-state index in [1.165, 1.54) is 32.1 Å². The third-order valence-electron chi connectivity index (χ3n) is 3.47. The van der Waals surface area contributed by atoms with Crippen molar-refractivity contribution >= 4 is 9.42 Å². The van der Waals surface area contributed by atoms with Gasteiger partial charge in [-0.1, -0.05) is 19.3 Å². The van der Waals surface area contributed by atoms with Gasteiger partial charge in [0.25, 0.3) is 0 Å². The van der Waals surface area contributed by atoms with Crippen LogP contribution in [-0.2, 0) is 23.6 Å². The molecule has 2 N–H and O–H groups in total. The van der Waals surface area contributed by atoms with Crippen molar-refractivity contribution in [2.24, 2.45) is 5.92 Å². The molecular formula is C14H29ClN3OPt-2. The molecule has 0 aromatic carbocycles. The van der Waals surface area contributed by atoms with Crippen molar-refractivity contribution in [3.05, 3.63) is 12.7 Å². The van der Waals surface area contributed by atoms with Crippen LogP contribution >= 0.6 is 9.42 Å². The number of nitrogens with zero attached hydrogens (tertiary/aromatic N) is 1. The van der Waals surface area contributed by atoms with Crippen molar-refractivity contribution in [3.8, 4) is 0 Å². The minimum atomic E-state index is 0.458. The van der Waals surface area contributed by atoms with Crippen molar-refractivity contribution in [2.75, 3.05) is 39.3 Å². The van der Waals surface area contributed by atoms with Crippen molar-refractivity contribution in [2.45, 2.75) is 38.5 Å². The van der Waals surface area contributed by atoms with Gasteiger partial charge in [-0.3, -0.25) is 4.84 Å². The van der Waals surface area contributed by atoms with Gasteiger partial charge in [-0.05, 0) is 18.8 Å². The van der Waals surface area contributed by atoms with Crippen molar-refractivity contribution in [1.82, 2.24) is 10.4 Å². The monoisotopic (exact) mass is 485 g/mol. The van der Waals surface area contributed by atoms with Crippen LogP contribution in [0.1, 0.15) is 38.5 Å². The van der Waals surface area contributed by atoms with E-state index in [0.29, 0.717) is 6.54 Å². The van der Waals surface area contributed by atoms with Crippen molar-refractivity contribution in [3.63, 3.8) is 0 Å². The third-order valence-corrected chi connectivity index (χ3v) is 3.47. The molecule has 0 atom stereocenters. The zero-order chi connectivity index (χ0) is 15.1. The quantitative estimate of drug-likeness (QED) is 0.621. The average Bonchev–Trinajstić information content (AvgIpc) is 2.57. The van der Waals surface area contributed by atoms with Crippen molar-refractivity contribution in [1.29, 1.82) is 0 Å². The molecule has 2 aliphatic rings. The molecule has 1 saturated carbocycles. The van der Waals surface area contributed by atoms with E-state index in [-0.39, 0.29) is 0 Å². The Morgan fingerprint density at radius 3 is 2.25 bits per heavy atom. The molecule has 2 fully saturated rings. The molecule has 20 heavy (non-hydrogen) atoms. The zero-order valence-electron chi connectivity index (χ0n) is 12.3. The van der Waals surface area contributed by atoms with E-state index >= 15 is 0 Å². The minimum absolute atomic E-state index is 0.458. The molecule has 4 nitrogen and oxygen atoms in total. The molecule has 1 heterocycles. The SMILES string of the molecule is C1CCC(CON2CCNCC2)CC1.[CH2-]CC[NH-].[Cl][Pt]. The number of piperazine rings is 1. The molecule has 1 aliphatic carbocycles. The van der Waals surface area contributed by atoms with Gasteiger partial charge in [0.05, 0.1) is 6.61 Å². The molecule has 1 aliphatic heterocycles. The first-order valence-corrected chi connectivity index (χ1v) is 10.3. The van der Waals surface area contributed by atoms with E-state index in [1.807, 2.05) is 0 Å². The van der Waals surface area contributed by atoms with E-state index in [2.05, 4.69) is 26.7 Å². The molecule has 6 heteroatoms. The van der Waals surface area contributed by atoms with Gasteiger partial charge in [-0.25, -0.2) is 6.42 Å². The normalized spacial score (nSPS) is 20.4. The fourth-order valence-corrected chi connectivity index (χ4v) is 2.34. The van der Waals surface area contributed by atoms with Gasteiger partial charge < -0.3 is 18.0 Å². The van der Waals surface area contributed by atoms with Crippen LogP contribution in [-0.4, -0.2) is 44.4 Å². The maximum atomic E-state index is 6.39. The molecule has 0 bridgehead atoms. The van der Waals surface area contributed by atoms with E-state index in [1.54, 1.807) is 18.8 Å². The van der Waals surface area contributed by atoms with Crippen LogP contribution in [0.2, 0.25) is 0 Å². The van der Waals surface area contributed by atoms with Gasteiger partial charge >= 0.3 is 28.2 Å². The molecule has 2 rings (SSSR count). The Hall–Kier alpha value is 0.818. The Balaban J connectivity index is 0.000000521. The Labute approximate surface area is 139 Å². The second-order valence-electron chi connectivity index (χ2n) is 5.08. The summed E-state index contributed by atoms with van der Waals surface area (Å²) in [6, 6.07) is 0. The van der Waals surface area contributed by atoms with E-state index in [0.717, 1.165) is 45.1 Å². The maximum absolute atomic E-state index is 6.39. The number of hydrogen-bond acceptors (Lipinski definition) is 3. The van der Waals surface area contributed by atoms with Crippen LogP contribution in [0.25, 0.3) is 5.73 Å². The van der Waals surface area contributed by atoms with Gasteiger partial charge in [0, 0.05) is 26.2 Å². The van der Waals surface area contributed by atoms with Crippen LogP contribution in [0, 0.1) is 12.8 Å². The fraction of sp³-hybridized carbons (Fsp3) is 0.929. The van der Waals surface area contributed by atoms with E-state index in [4.69, 9.17) is 10.6 Å². The Kier molecular flexibility index (Phi) is 16.9. The Bertz CT molecular complexity index is 169. The van der Waals surface area contributed by atoms with Crippen LogP contribution in [0.15, 0.2) is 0 Å². The predicted octanol–water partition coefficient (Wildman–Crippen LogP) is 3.35. The number of hydroxylamine groups is 2. The first kappa shape index (κ1) is 20.8. The summed E-state index contributed by atoms with van der Waals surface area (Å²) in [4.78, 5) is 5.82. The van der Waals surface area contributed by atoms with Gasteiger partial charge in [0.1, 0.15) is 0 Å². The summed E-state index contributed by atoms with van der Waals surface area (Å²) in [5.74, 6) is 0.832. The van der Waals surface area contributed by atoms with Gasteiger partial charge in [0.2, 0.25) is 0 Å². The summed E-state index contributed by atoms with van der Waals surface area (Å²) in [6.07, 6.45) is 7.76. The van der Waals surface area contributed by atoms with Gasteiger partial charge in [-0.15, -0.1) is 0 Å². The number of rotatable bonds is 4. The molecule has 0 aromatic heterocycles. The summed E-state index contributed by atoms with van der Waals surface area (Å²) in [5, 5.41) is 5.46. The zero-order valence-corrected chi connectivity index (χ0v) is 15.3. The Morgan fingerprint density at radius 2 is 1.75 bits per heavy atom. The molecule has 0 amide bonds. The molecule has 0 unspecified atom stereocenters. The third kappa shape index (κ3) is 11.5. The fourth-order valence-electron chi connectivity index (χ4n) is 2.34. The number of hydrogen-bond donors (Lipinski definition) is 1. The molecule has 0 spiro atoms. The molecule has 1 saturated heterocycles. The van der Waals surface area contributed by atoms with Crippen LogP contribution in [0.4, 0.5) is 0 Å². The standard InChI is InChI=1S/C11H22N2O.C3H7N.ClH.Pt/c1-2-4-11(5-3-1)10-14-13-8-6-12-7-9-13;1-2-3-4;;/h11-12H,1-10H2;4H,1-3H2;1H;/q;-2;;+1/p-1. The summed E-state index contributed by atoms with van der Waals surface area (Å²) >= 11 is 1.61. The number of nitrogens with one attached hydrogen (secondary N) is 2. The van der Waals surface area contributed by atoms with Crippen LogP contribution in [0.5, 0.6) is 0 Å². The second kappa shape index (κ2) is 16.2. The Morgan fingerprint density at radius 1 is 1.20 bits per heavy atom. The van der Waals surface area contributed by atoms with E-state index in [9.17, 15) is 0 Å². The summed E-state index contributed by atoms with van der Waals surface area (Å²) in [6.45, 7) is 9.08. The average molecular weight is 486 g/mol. The predicted molar refractivity (Wildman–Crippen MR) is 82.0 cm³/mol. The van der Waals surface area contributed by atoms with Crippen molar-refractivity contribution < 1.29 is 23.6 Å². The van der Waals surface area contributed by atoms with Gasteiger partial charge in [0.15, 0.2) is 0 Å². The van der Waals surface area contributed by atoms with Crippen LogP contribution < -0.4 is 5.32 Å². The van der Waals surface area contributed by atoms with E-state index < -0.39 is 0 Å². The first-order valence-electron chi connectivity index (χ1n) is 7.51. The second-order valence-corrected chi connectivity index (χ2v) is 5.08. The van der Waals surface area contributed by atoms with Crippen LogP contribution in [0.3, 0.4) is 0 Å². The topological polar surface area (TPSA) is 48.3 Å². The summed E-state index contributed by atoms with van der Waals surface area (Å²) < 4.78 is 0. The molecule has 125 valence electrons. The summed E-state index contributed by atoms with van der Waals surface area (Å²) in [7, 11) is 4.61. The first-order chi connectivity index (χ1) is 9.86. The number of halogens is 1. The van der Waals surface area contributed by atoms with Gasteiger partial charge in [-0.2, -0.15) is 11.6 Å². The molecular weight excluding hydrogens is 457 g/mol. The molecule has 0 aromatic rings.